The maximum atomic E-state index is 6.47. The number of likely N-dealkylation sites (tertiary alicyclic amines) is 1. The smallest absolute Gasteiger partial charge is 0.138 e. The molecule has 0 bridgehead atoms. The van der Waals surface area contributed by atoms with Crippen molar-refractivity contribution in [1.82, 2.24) is 4.90 Å². The lowest BCUT2D eigenvalue weighted by Gasteiger charge is -2.23. The molecule has 5 heteroatoms. The van der Waals surface area contributed by atoms with Crippen LogP contribution in [0.2, 0.25) is 5.02 Å². The number of hydrogen-bond donors (Lipinski definition) is 1. The molecule has 1 saturated heterocycles. The summed E-state index contributed by atoms with van der Waals surface area (Å²) in [5, 5.41) is 0.636. The van der Waals surface area contributed by atoms with E-state index in [4.69, 9.17) is 26.8 Å². The lowest BCUT2D eigenvalue weighted by Crippen LogP contribution is -2.21. The zero-order chi connectivity index (χ0) is 14.0. The second kappa shape index (κ2) is 5.99. The standard InChI is InChI=1S/C14H21ClN2O2/c1-17-8-9(7-16)6-10(17)13-11(18-2)4-5-12(19-3)14(13)15/h4-5,9-10H,6-8,16H2,1-3H3. The highest BCUT2D eigenvalue weighted by molar-refractivity contribution is 6.33. The van der Waals surface area contributed by atoms with Gasteiger partial charge in [-0.1, -0.05) is 11.6 Å². The first-order valence-electron chi connectivity index (χ1n) is 6.43. The van der Waals surface area contributed by atoms with Gasteiger partial charge in [0.15, 0.2) is 0 Å². The first-order valence-corrected chi connectivity index (χ1v) is 6.80. The molecule has 4 nitrogen and oxygen atoms in total. The molecule has 0 aromatic heterocycles. The minimum absolute atomic E-state index is 0.228. The second-order valence-electron chi connectivity index (χ2n) is 4.99. The number of ether oxygens (including phenoxy) is 2. The van der Waals surface area contributed by atoms with Crippen LogP contribution in [0.15, 0.2) is 12.1 Å². The predicted octanol–water partition coefficient (Wildman–Crippen LogP) is 2.31. The molecule has 19 heavy (non-hydrogen) atoms. The second-order valence-corrected chi connectivity index (χ2v) is 5.37. The van der Waals surface area contributed by atoms with Crippen molar-refractivity contribution in [3.8, 4) is 11.5 Å². The van der Waals surface area contributed by atoms with Gasteiger partial charge in [-0.05, 0) is 38.1 Å². The Bertz CT molecular complexity index is 453. The van der Waals surface area contributed by atoms with Crippen molar-refractivity contribution in [3.05, 3.63) is 22.7 Å². The maximum Gasteiger partial charge on any atom is 0.138 e. The molecule has 2 atom stereocenters. The Morgan fingerprint density at radius 3 is 2.47 bits per heavy atom. The molecule has 1 fully saturated rings. The van der Waals surface area contributed by atoms with Gasteiger partial charge < -0.3 is 15.2 Å². The van der Waals surface area contributed by atoms with Crippen LogP contribution in [0.25, 0.3) is 0 Å². The quantitative estimate of drug-likeness (QED) is 0.922. The Hall–Kier alpha value is -0.970. The highest BCUT2D eigenvalue weighted by atomic mass is 35.5. The van der Waals surface area contributed by atoms with Crippen LogP contribution >= 0.6 is 11.6 Å². The molecule has 1 aliphatic rings. The zero-order valence-corrected chi connectivity index (χ0v) is 12.4. The van der Waals surface area contributed by atoms with Gasteiger partial charge in [-0.25, -0.2) is 0 Å². The summed E-state index contributed by atoms with van der Waals surface area (Å²) in [7, 11) is 5.38. The SMILES string of the molecule is COc1ccc(OC)c(C2CC(CN)CN2C)c1Cl. The molecule has 0 radical (unpaired) electrons. The Morgan fingerprint density at radius 2 is 1.95 bits per heavy atom. The van der Waals surface area contributed by atoms with Gasteiger partial charge >= 0.3 is 0 Å². The summed E-state index contributed by atoms with van der Waals surface area (Å²) in [6.45, 7) is 1.68. The molecular weight excluding hydrogens is 264 g/mol. The monoisotopic (exact) mass is 284 g/mol. The van der Waals surface area contributed by atoms with E-state index in [2.05, 4.69) is 11.9 Å². The number of benzene rings is 1. The van der Waals surface area contributed by atoms with Gasteiger partial charge in [0.1, 0.15) is 11.5 Å². The van der Waals surface area contributed by atoms with E-state index in [1.807, 2.05) is 12.1 Å². The molecule has 1 aromatic carbocycles. The summed E-state index contributed by atoms with van der Waals surface area (Å²) in [4.78, 5) is 2.28. The van der Waals surface area contributed by atoms with Gasteiger partial charge in [0.05, 0.1) is 19.2 Å². The zero-order valence-electron chi connectivity index (χ0n) is 11.6. The maximum absolute atomic E-state index is 6.47. The van der Waals surface area contributed by atoms with E-state index in [0.29, 0.717) is 23.2 Å². The van der Waals surface area contributed by atoms with Crippen LogP contribution in [0.1, 0.15) is 18.0 Å². The Labute approximate surface area is 119 Å². The molecule has 0 spiro atoms. The van der Waals surface area contributed by atoms with Crippen LogP contribution in [0.5, 0.6) is 11.5 Å². The van der Waals surface area contributed by atoms with E-state index in [1.165, 1.54) is 0 Å². The summed E-state index contributed by atoms with van der Waals surface area (Å²) < 4.78 is 10.8. The van der Waals surface area contributed by atoms with Crippen LogP contribution in [0.3, 0.4) is 0 Å². The number of methoxy groups -OCH3 is 2. The van der Waals surface area contributed by atoms with E-state index < -0.39 is 0 Å². The molecule has 0 amide bonds. The molecule has 2 unspecified atom stereocenters. The van der Waals surface area contributed by atoms with E-state index in [9.17, 15) is 0 Å². The highest BCUT2D eigenvalue weighted by Gasteiger charge is 2.33. The third-order valence-electron chi connectivity index (χ3n) is 3.85. The molecule has 1 aliphatic heterocycles. The molecule has 1 aromatic rings. The minimum atomic E-state index is 0.228. The Balaban J connectivity index is 2.42. The molecule has 0 aliphatic carbocycles. The fourth-order valence-electron chi connectivity index (χ4n) is 2.82. The van der Waals surface area contributed by atoms with Crippen molar-refractivity contribution < 1.29 is 9.47 Å². The van der Waals surface area contributed by atoms with Crippen molar-refractivity contribution in [2.45, 2.75) is 12.5 Å². The van der Waals surface area contributed by atoms with Gasteiger partial charge in [0, 0.05) is 18.2 Å². The van der Waals surface area contributed by atoms with Crippen molar-refractivity contribution in [2.24, 2.45) is 11.7 Å². The third-order valence-corrected chi connectivity index (χ3v) is 4.24. The minimum Gasteiger partial charge on any atom is -0.496 e. The number of halogens is 1. The van der Waals surface area contributed by atoms with Crippen LogP contribution in [-0.2, 0) is 0 Å². The van der Waals surface area contributed by atoms with E-state index >= 15 is 0 Å². The Kier molecular flexibility index (Phi) is 4.55. The average Bonchev–Trinajstić information content (AvgIpc) is 2.79. The van der Waals surface area contributed by atoms with E-state index in [1.54, 1.807) is 14.2 Å². The number of rotatable bonds is 4. The molecule has 0 saturated carbocycles. The summed E-state index contributed by atoms with van der Waals surface area (Å²) in [6.07, 6.45) is 0.996. The number of hydrogen-bond acceptors (Lipinski definition) is 4. The fraction of sp³-hybridized carbons (Fsp3) is 0.571. The van der Waals surface area contributed by atoms with Crippen molar-refractivity contribution >= 4 is 11.6 Å². The summed E-state index contributed by atoms with van der Waals surface area (Å²) >= 11 is 6.47. The highest BCUT2D eigenvalue weighted by Crippen LogP contribution is 2.45. The van der Waals surface area contributed by atoms with Crippen molar-refractivity contribution in [2.75, 3.05) is 34.4 Å². The molecule has 2 N–H and O–H groups in total. The number of nitrogens with zero attached hydrogens (tertiary/aromatic N) is 1. The van der Waals surface area contributed by atoms with Gasteiger partial charge in [-0.2, -0.15) is 0 Å². The van der Waals surface area contributed by atoms with Crippen molar-refractivity contribution in [1.29, 1.82) is 0 Å². The first-order chi connectivity index (χ1) is 9.12. The van der Waals surface area contributed by atoms with Crippen LogP contribution in [0.4, 0.5) is 0 Å². The molecular formula is C14H21ClN2O2. The lowest BCUT2D eigenvalue weighted by atomic mass is 9.98. The topological polar surface area (TPSA) is 47.7 Å². The Morgan fingerprint density at radius 1 is 1.32 bits per heavy atom. The lowest BCUT2D eigenvalue weighted by molar-refractivity contribution is 0.301. The van der Waals surface area contributed by atoms with E-state index in [0.717, 1.165) is 24.3 Å². The first kappa shape index (κ1) is 14.4. The number of nitrogens with two attached hydrogens (primary N) is 1. The fourth-order valence-corrected chi connectivity index (χ4v) is 3.17. The van der Waals surface area contributed by atoms with Gasteiger partial charge in [0.2, 0.25) is 0 Å². The normalized spacial score (nSPS) is 23.6. The van der Waals surface area contributed by atoms with Gasteiger partial charge in [-0.3, -0.25) is 4.90 Å². The largest absolute Gasteiger partial charge is 0.496 e. The van der Waals surface area contributed by atoms with Crippen LogP contribution in [0, 0.1) is 5.92 Å². The average molecular weight is 285 g/mol. The predicted molar refractivity (Wildman–Crippen MR) is 77.1 cm³/mol. The molecule has 2 rings (SSSR count). The van der Waals surface area contributed by atoms with Gasteiger partial charge in [-0.15, -0.1) is 0 Å². The summed E-state index contributed by atoms with van der Waals surface area (Å²) in [5.41, 5.74) is 6.79. The summed E-state index contributed by atoms with van der Waals surface area (Å²) in [6, 6.07) is 3.97. The summed E-state index contributed by atoms with van der Waals surface area (Å²) in [5.74, 6) is 1.99. The van der Waals surface area contributed by atoms with E-state index in [-0.39, 0.29) is 6.04 Å². The molecule has 106 valence electrons. The molecule has 1 heterocycles. The van der Waals surface area contributed by atoms with Gasteiger partial charge in [0.25, 0.3) is 0 Å². The van der Waals surface area contributed by atoms with Crippen LogP contribution in [-0.4, -0.2) is 39.3 Å². The van der Waals surface area contributed by atoms with Crippen LogP contribution < -0.4 is 15.2 Å². The van der Waals surface area contributed by atoms with Crippen molar-refractivity contribution in [3.63, 3.8) is 0 Å². The third kappa shape index (κ3) is 2.66.